The number of hydrazine groups is 1. The predicted octanol–water partition coefficient (Wildman–Crippen LogP) is 3.46. The van der Waals surface area contributed by atoms with Gasteiger partial charge in [0.15, 0.2) is 17.4 Å². The van der Waals surface area contributed by atoms with Crippen LogP contribution in [-0.4, -0.2) is 31.0 Å². The number of hydrogen-bond donors (Lipinski definition) is 4. The minimum absolute atomic E-state index is 0.0666. The number of amidine groups is 1. The van der Waals surface area contributed by atoms with E-state index in [1.165, 1.54) is 24.1 Å². The van der Waals surface area contributed by atoms with Gasteiger partial charge >= 0.3 is 0 Å². The Labute approximate surface area is 200 Å². The van der Waals surface area contributed by atoms with Crippen LogP contribution in [0.3, 0.4) is 0 Å². The highest BCUT2D eigenvalue weighted by Gasteiger charge is 2.24. The van der Waals surface area contributed by atoms with E-state index in [1.807, 2.05) is 0 Å². The molecule has 180 valence electrons. The quantitative estimate of drug-likeness (QED) is 0.188. The van der Waals surface area contributed by atoms with Crippen LogP contribution in [-0.2, 0) is 0 Å². The van der Waals surface area contributed by atoms with Gasteiger partial charge in [0.25, 0.3) is 0 Å². The first-order valence-electron chi connectivity index (χ1n) is 10.8. The maximum absolute atomic E-state index is 14.7. The Morgan fingerprint density at radius 1 is 1.24 bits per heavy atom. The van der Waals surface area contributed by atoms with E-state index in [0.717, 1.165) is 46.9 Å². The number of ether oxygens (including phenoxy) is 1. The van der Waals surface area contributed by atoms with E-state index in [1.54, 1.807) is 23.6 Å². The molecule has 0 saturated carbocycles. The number of hydrazone groups is 1. The summed E-state index contributed by atoms with van der Waals surface area (Å²) in [6.07, 6.45) is 3.87. The molecule has 0 aliphatic carbocycles. The molecule has 34 heavy (non-hydrogen) atoms. The molecule has 0 bridgehead atoms. The Bertz CT molecular complexity index is 1220. The number of piperidine rings is 1. The lowest BCUT2D eigenvalue weighted by Gasteiger charge is -2.22. The van der Waals surface area contributed by atoms with Crippen molar-refractivity contribution in [3.05, 3.63) is 58.1 Å². The first kappa shape index (κ1) is 23.9. The third-order valence-corrected chi connectivity index (χ3v) is 7.41. The van der Waals surface area contributed by atoms with Crippen molar-refractivity contribution in [1.29, 1.82) is 0 Å². The molecule has 0 atom stereocenters. The summed E-state index contributed by atoms with van der Waals surface area (Å²) in [5.41, 5.74) is 8.06. The fourth-order valence-corrected chi connectivity index (χ4v) is 5.44. The number of pyridine rings is 1. The van der Waals surface area contributed by atoms with Crippen molar-refractivity contribution >= 4 is 28.7 Å². The van der Waals surface area contributed by atoms with Crippen molar-refractivity contribution in [3.8, 4) is 16.2 Å². The number of benzene rings is 1. The van der Waals surface area contributed by atoms with Crippen LogP contribution in [0.15, 0.2) is 35.6 Å². The highest BCUT2D eigenvalue weighted by atomic mass is 32.1. The summed E-state index contributed by atoms with van der Waals surface area (Å²) in [4.78, 5) is 6.67. The molecular weight excluding hydrogens is 460 g/mol. The van der Waals surface area contributed by atoms with E-state index in [2.05, 4.69) is 28.4 Å². The molecule has 2 aromatic heterocycles. The number of anilines is 2. The van der Waals surface area contributed by atoms with Crippen molar-refractivity contribution < 1.29 is 13.5 Å². The van der Waals surface area contributed by atoms with Crippen molar-refractivity contribution in [1.82, 2.24) is 10.3 Å². The van der Waals surface area contributed by atoms with E-state index < -0.39 is 11.6 Å². The van der Waals surface area contributed by atoms with Gasteiger partial charge in [0.2, 0.25) is 5.82 Å². The Morgan fingerprint density at radius 2 is 1.97 bits per heavy atom. The number of nitrogens with one attached hydrogen (secondary N) is 1. The summed E-state index contributed by atoms with van der Waals surface area (Å²) in [6.45, 7) is 4.07. The number of aromatic nitrogens is 1. The van der Waals surface area contributed by atoms with Crippen molar-refractivity contribution in [2.45, 2.75) is 25.7 Å². The van der Waals surface area contributed by atoms with E-state index in [4.69, 9.17) is 22.2 Å². The number of rotatable bonds is 5. The average Bonchev–Trinajstić information content (AvgIpc) is 3.24. The lowest BCUT2D eigenvalue weighted by atomic mass is 9.96. The van der Waals surface area contributed by atoms with Gasteiger partial charge in [-0.25, -0.2) is 15.2 Å². The molecule has 1 aliphatic heterocycles. The smallest absolute Gasteiger partial charge is 0.202 e. The number of nitrogen functional groups attached to an aromatic ring is 1. The van der Waals surface area contributed by atoms with Crippen LogP contribution in [0.5, 0.6) is 5.75 Å². The fraction of sp³-hybridized carbons (Fsp3) is 0.304. The molecule has 0 radical (unpaired) electrons. The van der Waals surface area contributed by atoms with Gasteiger partial charge < -0.3 is 21.6 Å². The largest absolute Gasteiger partial charge is 0.494 e. The highest BCUT2D eigenvalue weighted by molar-refractivity contribution is 7.15. The van der Waals surface area contributed by atoms with E-state index >= 15 is 0 Å². The molecule has 11 heteroatoms. The summed E-state index contributed by atoms with van der Waals surface area (Å²) >= 11 is 1.72. The third-order valence-electron chi connectivity index (χ3n) is 5.96. The van der Waals surface area contributed by atoms with Gasteiger partial charge in [-0.1, -0.05) is 0 Å². The molecule has 4 rings (SSSR count). The molecule has 0 amide bonds. The third kappa shape index (κ3) is 4.41. The first-order valence-corrected chi connectivity index (χ1v) is 11.6. The molecular formula is C23H27F2N7OS. The van der Waals surface area contributed by atoms with Crippen LogP contribution < -0.4 is 32.5 Å². The van der Waals surface area contributed by atoms with E-state index in [9.17, 15) is 8.78 Å². The molecule has 0 unspecified atom stereocenters. The number of thiophene rings is 1. The standard InChI is InChI=1S/C23H27F2N7OS/c1-12-9-18(13-5-7-29-8-6-13)34-21(12)14-10-15(22(26)30-11-14)23(31-27)32(28)16-3-4-17(33-2)20(25)19(16)24/h3-4,9-11,13,29H,5-8,27-28H2,1-2H3,(H2,26,30)/b31-23-. The maximum Gasteiger partial charge on any atom is 0.202 e. The number of methoxy groups -OCH3 is 1. The summed E-state index contributed by atoms with van der Waals surface area (Å²) < 4.78 is 33.7. The Morgan fingerprint density at radius 3 is 2.65 bits per heavy atom. The second kappa shape index (κ2) is 9.92. The van der Waals surface area contributed by atoms with Crippen LogP contribution >= 0.6 is 11.3 Å². The Kier molecular flexibility index (Phi) is 6.96. The Balaban J connectivity index is 1.70. The topological polar surface area (TPSA) is 128 Å². The van der Waals surface area contributed by atoms with Crippen molar-refractivity contribution in [3.63, 3.8) is 0 Å². The van der Waals surface area contributed by atoms with Crippen LogP contribution in [0.4, 0.5) is 20.3 Å². The highest BCUT2D eigenvalue weighted by Crippen LogP contribution is 2.39. The molecule has 1 aromatic carbocycles. The van der Waals surface area contributed by atoms with Crippen molar-refractivity contribution in [2.75, 3.05) is 30.9 Å². The van der Waals surface area contributed by atoms with Gasteiger partial charge in [-0.2, -0.15) is 9.49 Å². The monoisotopic (exact) mass is 487 g/mol. The zero-order chi connectivity index (χ0) is 24.4. The maximum atomic E-state index is 14.7. The minimum Gasteiger partial charge on any atom is -0.494 e. The summed E-state index contributed by atoms with van der Waals surface area (Å²) in [5, 5.41) is 7.95. The van der Waals surface area contributed by atoms with Gasteiger partial charge in [0, 0.05) is 21.5 Å². The second-order valence-electron chi connectivity index (χ2n) is 8.08. The van der Waals surface area contributed by atoms with Gasteiger partial charge in [-0.15, -0.1) is 11.3 Å². The van der Waals surface area contributed by atoms with Crippen LogP contribution in [0, 0.1) is 18.6 Å². The van der Waals surface area contributed by atoms with Crippen LogP contribution in [0.2, 0.25) is 0 Å². The summed E-state index contributed by atoms with van der Waals surface area (Å²) in [5.74, 6) is 9.67. The fourth-order valence-electron chi connectivity index (χ4n) is 4.12. The Hall–Kier alpha value is -3.28. The van der Waals surface area contributed by atoms with Crippen molar-refractivity contribution in [2.24, 2.45) is 16.8 Å². The van der Waals surface area contributed by atoms with Gasteiger partial charge in [-0.05, 0) is 68.6 Å². The second-order valence-corrected chi connectivity index (χ2v) is 9.16. The van der Waals surface area contributed by atoms with Crippen LogP contribution in [0.25, 0.3) is 10.4 Å². The zero-order valence-electron chi connectivity index (χ0n) is 18.9. The molecule has 8 nitrogen and oxygen atoms in total. The SMILES string of the molecule is COc1ccc(N(N)/C(=N\N)c2cc(-c3sc(C4CCNCC4)cc3C)cnc2N)c(F)c1F. The molecule has 3 heterocycles. The number of hydrogen-bond acceptors (Lipinski definition) is 8. The van der Waals surface area contributed by atoms with Gasteiger partial charge in [0.1, 0.15) is 5.82 Å². The molecule has 3 aromatic rings. The number of halogens is 2. The average molecular weight is 488 g/mol. The zero-order valence-corrected chi connectivity index (χ0v) is 19.8. The molecule has 1 aliphatic rings. The lowest BCUT2D eigenvalue weighted by Crippen LogP contribution is -2.40. The number of aryl methyl sites for hydroxylation is 1. The van der Waals surface area contributed by atoms with Gasteiger partial charge in [0.05, 0.1) is 18.4 Å². The molecule has 0 spiro atoms. The minimum atomic E-state index is -1.20. The number of nitrogens with two attached hydrogens (primary N) is 3. The molecule has 1 saturated heterocycles. The predicted molar refractivity (Wildman–Crippen MR) is 132 cm³/mol. The van der Waals surface area contributed by atoms with E-state index in [-0.39, 0.29) is 23.1 Å². The molecule has 1 fully saturated rings. The lowest BCUT2D eigenvalue weighted by molar-refractivity contribution is 0.372. The summed E-state index contributed by atoms with van der Waals surface area (Å²) in [7, 11) is 1.24. The van der Waals surface area contributed by atoms with E-state index in [0.29, 0.717) is 11.5 Å². The first-order chi connectivity index (χ1) is 16.3. The molecule has 7 N–H and O–H groups in total. The van der Waals surface area contributed by atoms with Gasteiger partial charge in [-0.3, -0.25) is 5.01 Å². The van der Waals surface area contributed by atoms with Crippen LogP contribution in [0.1, 0.15) is 34.8 Å². The number of nitrogens with zero attached hydrogens (tertiary/aromatic N) is 3. The summed E-state index contributed by atoms with van der Waals surface area (Å²) in [6, 6.07) is 6.51. The normalized spacial score (nSPS) is 14.9.